The van der Waals surface area contributed by atoms with Crippen molar-refractivity contribution in [3.05, 3.63) is 63.2 Å². The molecule has 0 bridgehead atoms. The van der Waals surface area contributed by atoms with Crippen molar-refractivity contribution in [1.82, 2.24) is 0 Å². The minimum Gasteiger partial charge on any atom is -0.449 e. The topological polar surface area (TPSA) is 129 Å². The van der Waals surface area contributed by atoms with Crippen LogP contribution in [-0.4, -0.2) is 23.9 Å². The summed E-state index contributed by atoms with van der Waals surface area (Å²) in [6, 6.07) is 7.12. The molecule has 136 valence electrons. The molecule has 8 heteroatoms. The van der Waals surface area contributed by atoms with Crippen LogP contribution in [0.2, 0.25) is 0 Å². The average Bonchev–Trinajstić information content (AvgIpc) is 2.54. The van der Waals surface area contributed by atoms with Gasteiger partial charge in [-0.1, -0.05) is 0 Å². The molecule has 0 aliphatic rings. The van der Waals surface area contributed by atoms with E-state index in [-0.39, 0.29) is 11.3 Å². The van der Waals surface area contributed by atoms with Gasteiger partial charge in [-0.25, -0.2) is 9.59 Å². The fourth-order valence-electron chi connectivity index (χ4n) is 2.30. The summed E-state index contributed by atoms with van der Waals surface area (Å²) in [5.41, 5.74) is 5.81. The highest BCUT2D eigenvalue weighted by Gasteiger charge is 2.23. The molecule has 0 saturated heterocycles. The Kier molecular flexibility index (Phi) is 5.56. The molecular weight excluding hydrogens is 340 g/mol. The van der Waals surface area contributed by atoms with Gasteiger partial charge in [0.15, 0.2) is 6.10 Å². The number of ether oxygens (including phenoxy) is 1. The van der Waals surface area contributed by atoms with E-state index in [4.69, 9.17) is 14.9 Å². The molecule has 2 aromatic rings. The Morgan fingerprint density at radius 1 is 1.15 bits per heavy atom. The number of hydrogen-bond donors (Lipinski definition) is 2. The van der Waals surface area contributed by atoms with E-state index in [1.54, 1.807) is 6.92 Å². The zero-order chi connectivity index (χ0) is 19.4. The van der Waals surface area contributed by atoms with Crippen molar-refractivity contribution in [3.63, 3.8) is 0 Å². The third-order valence-corrected chi connectivity index (χ3v) is 3.63. The van der Waals surface area contributed by atoms with E-state index in [0.29, 0.717) is 16.8 Å². The average molecular weight is 358 g/mol. The number of anilines is 1. The lowest BCUT2D eigenvalue weighted by Crippen LogP contribution is -2.30. The number of hydrogen-bond acceptors (Lipinski definition) is 6. The Hall–Kier alpha value is -3.42. The predicted molar refractivity (Wildman–Crippen MR) is 92.9 cm³/mol. The first-order valence-corrected chi connectivity index (χ1v) is 7.72. The van der Waals surface area contributed by atoms with Crippen molar-refractivity contribution in [3.8, 4) is 0 Å². The molecule has 8 nitrogen and oxygen atoms in total. The lowest BCUT2D eigenvalue weighted by atomic mass is 10.1. The minimum absolute atomic E-state index is 0.107. The van der Waals surface area contributed by atoms with Crippen molar-refractivity contribution in [1.29, 1.82) is 0 Å². The van der Waals surface area contributed by atoms with Crippen LogP contribution in [0.15, 0.2) is 39.5 Å². The van der Waals surface area contributed by atoms with Crippen LogP contribution in [0.5, 0.6) is 0 Å². The molecule has 1 atom stereocenters. The molecule has 0 aliphatic carbocycles. The van der Waals surface area contributed by atoms with Crippen molar-refractivity contribution < 1.29 is 23.5 Å². The van der Waals surface area contributed by atoms with Gasteiger partial charge in [-0.05, 0) is 50.6 Å². The highest BCUT2D eigenvalue weighted by molar-refractivity contribution is 5.98. The molecule has 1 aromatic carbocycles. The molecular formula is C18H18N2O6. The van der Waals surface area contributed by atoms with Gasteiger partial charge < -0.3 is 20.2 Å². The van der Waals surface area contributed by atoms with Crippen molar-refractivity contribution in [2.75, 3.05) is 5.32 Å². The summed E-state index contributed by atoms with van der Waals surface area (Å²) in [5.74, 6) is -1.78. The third-order valence-electron chi connectivity index (χ3n) is 3.63. The van der Waals surface area contributed by atoms with Crippen LogP contribution >= 0.6 is 0 Å². The maximum absolute atomic E-state index is 12.3. The van der Waals surface area contributed by atoms with Gasteiger partial charge >= 0.3 is 11.6 Å². The van der Waals surface area contributed by atoms with Gasteiger partial charge in [0, 0.05) is 17.3 Å². The number of aryl methyl sites for hydroxylation is 2. The Morgan fingerprint density at radius 3 is 2.31 bits per heavy atom. The van der Waals surface area contributed by atoms with Gasteiger partial charge in [-0.15, -0.1) is 0 Å². The Bertz CT molecular complexity index is 888. The van der Waals surface area contributed by atoms with Crippen molar-refractivity contribution in [2.45, 2.75) is 26.9 Å². The van der Waals surface area contributed by atoms with Crippen LogP contribution in [0.25, 0.3) is 0 Å². The van der Waals surface area contributed by atoms with Gasteiger partial charge in [-0.3, -0.25) is 9.59 Å². The molecule has 2 amide bonds. The van der Waals surface area contributed by atoms with E-state index in [9.17, 15) is 19.2 Å². The first-order valence-electron chi connectivity index (χ1n) is 7.72. The van der Waals surface area contributed by atoms with Crippen LogP contribution in [0, 0.1) is 13.8 Å². The number of amides is 2. The molecule has 1 heterocycles. The number of benzene rings is 1. The predicted octanol–water partition coefficient (Wildman–Crippen LogP) is 1.54. The first-order chi connectivity index (χ1) is 12.2. The van der Waals surface area contributed by atoms with E-state index >= 15 is 0 Å². The number of esters is 1. The lowest BCUT2D eigenvalue weighted by molar-refractivity contribution is -0.123. The van der Waals surface area contributed by atoms with E-state index in [1.165, 1.54) is 44.2 Å². The van der Waals surface area contributed by atoms with Gasteiger partial charge in [0.2, 0.25) is 5.91 Å². The zero-order valence-electron chi connectivity index (χ0n) is 14.5. The smallest absolute Gasteiger partial charge is 0.342 e. The molecule has 0 radical (unpaired) electrons. The summed E-state index contributed by atoms with van der Waals surface area (Å²) in [6.07, 6.45) is -1.09. The normalized spacial score (nSPS) is 11.5. The number of nitrogens with one attached hydrogen (secondary N) is 1. The molecule has 1 unspecified atom stereocenters. The molecule has 0 aliphatic heterocycles. The van der Waals surface area contributed by atoms with Gasteiger partial charge in [0.25, 0.3) is 5.91 Å². The number of carbonyl (C=O) groups is 3. The number of primary amides is 1. The van der Waals surface area contributed by atoms with Crippen LogP contribution in [0.3, 0.4) is 0 Å². The minimum atomic E-state index is -1.09. The number of nitrogens with two attached hydrogens (primary N) is 1. The Morgan fingerprint density at radius 2 is 1.77 bits per heavy atom. The molecule has 0 fully saturated rings. The second kappa shape index (κ2) is 7.64. The Balaban J connectivity index is 2.06. The number of carbonyl (C=O) groups excluding carboxylic acids is 3. The molecule has 3 N–H and O–H groups in total. The number of rotatable bonds is 5. The maximum Gasteiger partial charge on any atom is 0.342 e. The Labute approximate surface area is 148 Å². The second-order valence-corrected chi connectivity index (χ2v) is 5.66. The quantitative estimate of drug-likeness (QED) is 0.780. The van der Waals surface area contributed by atoms with Gasteiger partial charge in [-0.2, -0.15) is 0 Å². The maximum atomic E-state index is 12.3. The molecule has 0 spiro atoms. The summed E-state index contributed by atoms with van der Waals surface area (Å²) in [4.78, 5) is 46.7. The van der Waals surface area contributed by atoms with E-state index < -0.39 is 29.5 Å². The largest absolute Gasteiger partial charge is 0.449 e. The van der Waals surface area contributed by atoms with Gasteiger partial charge in [0.1, 0.15) is 11.3 Å². The van der Waals surface area contributed by atoms with Crippen LogP contribution < -0.4 is 16.7 Å². The van der Waals surface area contributed by atoms with Crippen molar-refractivity contribution >= 4 is 23.5 Å². The molecule has 1 aromatic heterocycles. The highest BCUT2D eigenvalue weighted by Crippen LogP contribution is 2.15. The molecule has 2 rings (SSSR count). The van der Waals surface area contributed by atoms with Crippen LogP contribution in [0.1, 0.15) is 39.0 Å². The summed E-state index contributed by atoms with van der Waals surface area (Å²) in [5, 5.41) is 2.56. The fourth-order valence-corrected chi connectivity index (χ4v) is 2.30. The summed E-state index contributed by atoms with van der Waals surface area (Å²) < 4.78 is 10.0. The van der Waals surface area contributed by atoms with Crippen LogP contribution in [-0.2, 0) is 9.53 Å². The van der Waals surface area contributed by atoms with Crippen LogP contribution in [0.4, 0.5) is 5.69 Å². The molecule has 0 saturated carbocycles. The fraction of sp³-hybridized carbons (Fsp3) is 0.222. The SMILES string of the molecule is Cc1cc(=O)oc(C)c1C(=O)OC(C)C(=O)Nc1ccc(C(N)=O)cc1. The van der Waals surface area contributed by atoms with E-state index in [0.717, 1.165) is 0 Å². The third kappa shape index (κ3) is 4.35. The summed E-state index contributed by atoms with van der Waals surface area (Å²) in [7, 11) is 0. The van der Waals surface area contributed by atoms with E-state index in [2.05, 4.69) is 5.32 Å². The van der Waals surface area contributed by atoms with Crippen molar-refractivity contribution in [2.24, 2.45) is 5.73 Å². The van der Waals surface area contributed by atoms with Gasteiger partial charge in [0.05, 0.1) is 0 Å². The zero-order valence-corrected chi connectivity index (χ0v) is 14.5. The highest BCUT2D eigenvalue weighted by atomic mass is 16.5. The standard InChI is InChI=1S/C18H18N2O6/c1-9-8-14(21)25-10(2)15(9)18(24)26-11(3)17(23)20-13-6-4-12(5-7-13)16(19)22/h4-8,11H,1-3H3,(H2,19,22)(H,20,23). The lowest BCUT2D eigenvalue weighted by Gasteiger charge is -2.15. The monoisotopic (exact) mass is 358 g/mol. The summed E-state index contributed by atoms with van der Waals surface area (Å²) >= 11 is 0. The first kappa shape index (κ1) is 18.9. The molecule has 26 heavy (non-hydrogen) atoms. The summed E-state index contributed by atoms with van der Waals surface area (Å²) in [6.45, 7) is 4.45. The van der Waals surface area contributed by atoms with E-state index in [1.807, 2.05) is 0 Å². The second-order valence-electron chi connectivity index (χ2n) is 5.66.